The molecular weight excluding hydrogens is 208 g/mol. The molecule has 0 aromatic carbocycles. The number of hydrogen-bond acceptors (Lipinski definition) is 5. The Morgan fingerprint density at radius 3 is 2.19 bits per heavy atom. The molecule has 0 fully saturated rings. The van der Waals surface area contributed by atoms with Crippen molar-refractivity contribution in [3.05, 3.63) is 6.07 Å². The zero-order valence-electron chi connectivity index (χ0n) is 10.4. The highest BCUT2D eigenvalue weighted by Gasteiger charge is 2.13. The minimum absolute atomic E-state index is 0.0748. The average Bonchev–Trinajstić information content (AvgIpc) is 2.25. The summed E-state index contributed by atoms with van der Waals surface area (Å²) >= 11 is 0. The first-order valence-electron chi connectivity index (χ1n) is 5.04. The Morgan fingerprint density at radius 2 is 1.69 bits per heavy atom. The monoisotopic (exact) mass is 226 g/mol. The largest absolute Gasteiger partial charge is 0.481 e. The fourth-order valence-corrected chi connectivity index (χ4v) is 0.944. The SMILES string of the molecule is COc1cc(OCC(C)(C)C)nc(OC)n1. The molecule has 1 rings (SSSR count). The van der Waals surface area contributed by atoms with E-state index in [9.17, 15) is 0 Å². The number of aromatic nitrogens is 2. The van der Waals surface area contributed by atoms with Crippen molar-refractivity contribution in [2.24, 2.45) is 5.41 Å². The van der Waals surface area contributed by atoms with Gasteiger partial charge in [0.05, 0.1) is 26.9 Å². The summed E-state index contributed by atoms with van der Waals surface area (Å²) in [5.41, 5.74) is 0.0748. The van der Waals surface area contributed by atoms with Crippen LogP contribution in [-0.2, 0) is 0 Å². The molecule has 1 aromatic heterocycles. The van der Waals surface area contributed by atoms with Gasteiger partial charge in [-0.2, -0.15) is 9.97 Å². The fraction of sp³-hybridized carbons (Fsp3) is 0.636. The van der Waals surface area contributed by atoms with Crippen LogP contribution in [0.4, 0.5) is 0 Å². The average molecular weight is 226 g/mol. The van der Waals surface area contributed by atoms with Crippen LogP contribution in [0.3, 0.4) is 0 Å². The van der Waals surface area contributed by atoms with E-state index in [1.54, 1.807) is 6.07 Å². The second-order valence-electron chi connectivity index (χ2n) is 4.58. The Labute approximate surface area is 95.8 Å². The van der Waals surface area contributed by atoms with Gasteiger partial charge >= 0.3 is 6.01 Å². The van der Waals surface area contributed by atoms with Gasteiger partial charge in [0, 0.05) is 0 Å². The first-order chi connectivity index (χ1) is 7.44. The van der Waals surface area contributed by atoms with Crippen LogP contribution in [0.25, 0.3) is 0 Å². The number of hydrogen-bond donors (Lipinski definition) is 0. The molecule has 0 atom stereocenters. The van der Waals surface area contributed by atoms with E-state index < -0.39 is 0 Å². The smallest absolute Gasteiger partial charge is 0.322 e. The van der Waals surface area contributed by atoms with E-state index in [-0.39, 0.29) is 11.4 Å². The van der Waals surface area contributed by atoms with Crippen molar-refractivity contribution in [3.63, 3.8) is 0 Å². The number of ether oxygens (including phenoxy) is 3. The molecule has 1 heterocycles. The van der Waals surface area contributed by atoms with E-state index in [0.717, 1.165) is 0 Å². The van der Waals surface area contributed by atoms with Crippen molar-refractivity contribution in [1.29, 1.82) is 0 Å². The molecule has 0 aliphatic heterocycles. The van der Waals surface area contributed by atoms with Crippen molar-refractivity contribution in [2.75, 3.05) is 20.8 Å². The molecule has 1 aromatic rings. The third kappa shape index (κ3) is 3.92. The predicted molar refractivity (Wildman–Crippen MR) is 60.1 cm³/mol. The van der Waals surface area contributed by atoms with E-state index in [1.807, 2.05) is 0 Å². The molecule has 16 heavy (non-hydrogen) atoms. The molecule has 0 saturated heterocycles. The first-order valence-corrected chi connectivity index (χ1v) is 5.04. The van der Waals surface area contributed by atoms with Gasteiger partial charge in [-0.1, -0.05) is 20.8 Å². The zero-order chi connectivity index (χ0) is 12.2. The van der Waals surface area contributed by atoms with Gasteiger partial charge in [0.25, 0.3) is 0 Å². The molecular formula is C11H18N2O3. The van der Waals surface area contributed by atoms with E-state index >= 15 is 0 Å². The number of rotatable bonds is 4. The van der Waals surface area contributed by atoms with Crippen molar-refractivity contribution in [2.45, 2.75) is 20.8 Å². The maximum Gasteiger partial charge on any atom is 0.322 e. The van der Waals surface area contributed by atoms with Crippen LogP contribution in [0.5, 0.6) is 17.8 Å². The number of methoxy groups -OCH3 is 2. The minimum Gasteiger partial charge on any atom is -0.481 e. The molecule has 0 saturated carbocycles. The Morgan fingerprint density at radius 1 is 1.06 bits per heavy atom. The molecule has 5 nitrogen and oxygen atoms in total. The Hall–Kier alpha value is -1.52. The Bertz CT molecular complexity index is 325. The normalized spacial score (nSPS) is 11.1. The summed E-state index contributed by atoms with van der Waals surface area (Å²) in [6.07, 6.45) is 0. The molecule has 0 amide bonds. The van der Waals surface area contributed by atoms with Crippen molar-refractivity contribution < 1.29 is 14.2 Å². The highest BCUT2D eigenvalue weighted by atomic mass is 16.5. The van der Waals surface area contributed by atoms with Gasteiger partial charge < -0.3 is 14.2 Å². The summed E-state index contributed by atoms with van der Waals surface area (Å²) in [6, 6.07) is 1.87. The van der Waals surface area contributed by atoms with Gasteiger partial charge in [-0.3, -0.25) is 0 Å². The van der Waals surface area contributed by atoms with Crippen LogP contribution >= 0.6 is 0 Å². The van der Waals surface area contributed by atoms with E-state index in [4.69, 9.17) is 14.2 Å². The summed E-state index contributed by atoms with van der Waals surface area (Å²) in [7, 11) is 3.04. The second-order valence-corrected chi connectivity index (χ2v) is 4.58. The Kier molecular flexibility index (Phi) is 3.93. The van der Waals surface area contributed by atoms with Crippen molar-refractivity contribution >= 4 is 0 Å². The van der Waals surface area contributed by atoms with Crippen LogP contribution in [0, 0.1) is 5.41 Å². The lowest BCUT2D eigenvalue weighted by Gasteiger charge is -2.18. The van der Waals surface area contributed by atoms with Gasteiger partial charge in [0.15, 0.2) is 0 Å². The summed E-state index contributed by atoms with van der Waals surface area (Å²) in [5, 5.41) is 0. The lowest BCUT2D eigenvalue weighted by atomic mass is 9.99. The molecule has 0 bridgehead atoms. The molecule has 90 valence electrons. The van der Waals surface area contributed by atoms with Crippen molar-refractivity contribution in [3.8, 4) is 17.8 Å². The molecule has 0 radical (unpaired) electrons. The van der Waals surface area contributed by atoms with Crippen LogP contribution in [0.15, 0.2) is 6.07 Å². The molecule has 0 N–H and O–H groups in total. The first kappa shape index (κ1) is 12.5. The Balaban J connectivity index is 2.79. The maximum absolute atomic E-state index is 5.54. The van der Waals surface area contributed by atoms with Crippen LogP contribution < -0.4 is 14.2 Å². The lowest BCUT2D eigenvalue weighted by Crippen LogP contribution is -2.17. The zero-order valence-corrected chi connectivity index (χ0v) is 10.4. The summed E-state index contributed by atoms with van der Waals surface area (Å²) < 4.78 is 15.5. The topological polar surface area (TPSA) is 53.5 Å². The molecule has 5 heteroatoms. The maximum atomic E-state index is 5.54. The quantitative estimate of drug-likeness (QED) is 0.785. The van der Waals surface area contributed by atoms with Gasteiger partial charge in [-0.15, -0.1) is 0 Å². The van der Waals surface area contributed by atoms with Gasteiger partial charge in [0.1, 0.15) is 0 Å². The lowest BCUT2D eigenvalue weighted by molar-refractivity contribution is 0.188. The van der Waals surface area contributed by atoms with E-state index in [0.29, 0.717) is 18.4 Å². The highest BCUT2D eigenvalue weighted by molar-refractivity contribution is 5.22. The fourth-order valence-electron chi connectivity index (χ4n) is 0.944. The van der Waals surface area contributed by atoms with E-state index in [2.05, 4.69) is 30.7 Å². The van der Waals surface area contributed by atoms with E-state index in [1.165, 1.54) is 14.2 Å². The summed E-state index contributed by atoms with van der Waals surface area (Å²) in [5.74, 6) is 0.884. The number of nitrogens with zero attached hydrogens (tertiary/aromatic N) is 2. The highest BCUT2D eigenvalue weighted by Crippen LogP contribution is 2.21. The third-order valence-corrected chi connectivity index (χ3v) is 1.70. The molecule has 0 unspecified atom stereocenters. The summed E-state index contributed by atoms with van der Waals surface area (Å²) in [4.78, 5) is 8.05. The van der Waals surface area contributed by atoms with Crippen LogP contribution in [0.1, 0.15) is 20.8 Å². The molecule has 0 aliphatic carbocycles. The second kappa shape index (κ2) is 5.01. The van der Waals surface area contributed by atoms with Gasteiger partial charge in [-0.25, -0.2) is 0 Å². The summed E-state index contributed by atoms with van der Waals surface area (Å²) in [6.45, 7) is 6.82. The van der Waals surface area contributed by atoms with Gasteiger partial charge in [0.2, 0.25) is 11.8 Å². The standard InChI is InChI=1S/C11H18N2O3/c1-11(2,3)7-16-9-6-8(14-4)12-10(13-9)15-5/h6H,7H2,1-5H3. The van der Waals surface area contributed by atoms with Crippen LogP contribution in [-0.4, -0.2) is 30.8 Å². The third-order valence-electron chi connectivity index (χ3n) is 1.70. The van der Waals surface area contributed by atoms with Gasteiger partial charge in [-0.05, 0) is 5.41 Å². The van der Waals surface area contributed by atoms with Crippen LogP contribution in [0.2, 0.25) is 0 Å². The predicted octanol–water partition coefficient (Wildman–Crippen LogP) is 1.92. The minimum atomic E-state index is 0.0748. The molecule has 0 spiro atoms. The van der Waals surface area contributed by atoms with Crippen molar-refractivity contribution in [1.82, 2.24) is 9.97 Å². The molecule has 0 aliphatic rings.